The van der Waals surface area contributed by atoms with Gasteiger partial charge >= 0.3 is 0 Å². The van der Waals surface area contributed by atoms with E-state index in [1.165, 1.54) is 0 Å². The van der Waals surface area contributed by atoms with Crippen LogP contribution in [0.5, 0.6) is 0 Å². The molecule has 0 amide bonds. The number of rotatable bonds is 3. The van der Waals surface area contributed by atoms with Crippen LogP contribution in [-0.4, -0.2) is 28.7 Å². The molecular weight excluding hydrogens is 178 g/mol. The van der Waals surface area contributed by atoms with E-state index in [0.717, 1.165) is 25.2 Å². The van der Waals surface area contributed by atoms with Gasteiger partial charge in [-0.15, -0.1) is 0 Å². The fourth-order valence-electron chi connectivity index (χ4n) is 1.66. The highest BCUT2D eigenvalue weighted by atomic mass is 16.1. The summed E-state index contributed by atoms with van der Waals surface area (Å²) in [4.78, 5) is 12.0. The van der Waals surface area contributed by atoms with E-state index in [4.69, 9.17) is 0 Å². The summed E-state index contributed by atoms with van der Waals surface area (Å²) in [6.07, 6.45) is 3.49. The van der Waals surface area contributed by atoms with Crippen molar-refractivity contribution in [2.75, 3.05) is 13.1 Å². The van der Waals surface area contributed by atoms with Crippen LogP contribution in [0.25, 0.3) is 0 Å². The number of aryl methyl sites for hydroxylation is 1. The van der Waals surface area contributed by atoms with Crippen molar-refractivity contribution < 1.29 is 4.79 Å². The van der Waals surface area contributed by atoms with E-state index >= 15 is 0 Å². The van der Waals surface area contributed by atoms with Crippen LogP contribution in [0.3, 0.4) is 0 Å². The highest BCUT2D eigenvalue weighted by Gasteiger charge is 2.40. The number of aromatic nitrogens is 2. The van der Waals surface area contributed by atoms with Crippen LogP contribution < -0.4 is 5.32 Å². The van der Waals surface area contributed by atoms with Crippen molar-refractivity contribution in [3.8, 4) is 0 Å². The van der Waals surface area contributed by atoms with Crippen molar-refractivity contribution in [3.05, 3.63) is 18.0 Å². The van der Waals surface area contributed by atoms with Crippen LogP contribution in [0.4, 0.5) is 0 Å². The standard InChI is InChI=1S/C10H15N3O/c1-3-13-5-8(4-12-13)9(14)10(2)6-11-7-10/h4-5,11H,3,6-7H2,1-2H3. The molecule has 1 aliphatic rings. The summed E-state index contributed by atoms with van der Waals surface area (Å²) in [6.45, 7) is 6.37. The van der Waals surface area contributed by atoms with Crippen molar-refractivity contribution in [2.45, 2.75) is 20.4 Å². The predicted octanol–water partition coefficient (Wildman–Crippen LogP) is 0.695. The van der Waals surface area contributed by atoms with Crippen molar-refractivity contribution in [2.24, 2.45) is 5.41 Å². The maximum Gasteiger partial charge on any atom is 0.174 e. The van der Waals surface area contributed by atoms with Gasteiger partial charge in [-0.05, 0) is 13.8 Å². The lowest BCUT2D eigenvalue weighted by atomic mass is 9.78. The van der Waals surface area contributed by atoms with Crippen LogP contribution in [0.1, 0.15) is 24.2 Å². The highest BCUT2D eigenvalue weighted by Crippen LogP contribution is 2.26. The molecule has 1 N–H and O–H groups in total. The van der Waals surface area contributed by atoms with Gasteiger partial charge in [-0.25, -0.2) is 0 Å². The molecule has 2 rings (SSSR count). The second-order valence-corrected chi connectivity index (χ2v) is 4.08. The molecule has 1 fully saturated rings. The Morgan fingerprint density at radius 1 is 1.71 bits per heavy atom. The van der Waals surface area contributed by atoms with Gasteiger partial charge in [0.2, 0.25) is 0 Å². The summed E-state index contributed by atoms with van der Waals surface area (Å²) >= 11 is 0. The molecule has 4 nitrogen and oxygen atoms in total. The first-order valence-corrected chi connectivity index (χ1v) is 4.94. The van der Waals surface area contributed by atoms with Gasteiger partial charge in [0.05, 0.1) is 17.2 Å². The first-order chi connectivity index (χ1) is 6.65. The van der Waals surface area contributed by atoms with Gasteiger partial charge in [0.1, 0.15) is 0 Å². The van der Waals surface area contributed by atoms with E-state index in [1.54, 1.807) is 10.9 Å². The largest absolute Gasteiger partial charge is 0.315 e. The Bertz CT molecular complexity index is 352. The van der Waals surface area contributed by atoms with Crippen molar-refractivity contribution in [1.82, 2.24) is 15.1 Å². The molecule has 14 heavy (non-hydrogen) atoms. The lowest BCUT2D eigenvalue weighted by Gasteiger charge is -2.37. The fraction of sp³-hybridized carbons (Fsp3) is 0.600. The number of hydrogen-bond acceptors (Lipinski definition) is 3. The Balaban J connectivity index is 2.18. The SMILES string of the molecule is CCn1cc(C(=O)C2(C)CNC2)cn1. The predicted molar refractivity (Wildman–Crippen MR) is 53.2 cm³/mol. The molecule has 1 aromatic rings. The van der Waals surface area contributed by atoms with Gasteiger partial charge < -0.3 is 5.32 Å². The van der Waals surface area contributed by atoms with Crippen molar-refractivity contribution >= 4 is 5.78 Å². The molecular formula is C10H15N3O. The van der Waals surface area contributed by atoms with E-state index in [-0.39, 0.29) is 11.2 Å². The van der Waals surface area contributed by atoms with Crippen LogP contribution in [-0.2, 0) is 6.54 Å². The highest BCUT2D eigenvalue weighted by molar-refractivity contribution is 6.00. The summed E-state index contributed by atoms with van der Waals surface area (Å²) in [7, 11) is 0. The molecule has 1 aromatic heterocycles. The molecule has 1 saturated heterocycles. The van der Waals surface area contributed by atoms with Crippen molar-refractivity contribution in [1.29, 1.82) is 0 Å². The lowest BCUT2D eigenvalue weighted by molar-refractivity contribution is 0.0721. The third-order valence-electron chi connectivity index (χ3n) is 2.80. The number of hydrogen-bond donors (Lipinski definition) is 1. The molecule has 0 bridgehead atoms. The van der Waals surface area contributed by atoms with E-state index in [9.17, 15) is 4.79 Å². The number of carbonyl (C=O) groups is 1. The zero-order chi connectivity index (χ0) is 10.2. The van der Waals surface area contributed by atoms with Crippen molar-refractivity contribution in [3.63, 3.8) is 0 Å². The summed E-state index contributed by atoms with van der Waals surface area (Å²) in [5.41, 5.74) is 0.526. The molecule has 4 heteroatoms. The first kappa shape index (κ1) is 9.40. The minimum atomic E-state index is -0.207. The second-order valence-electron chi connectivity index (χ2n) is 4.08. The minimum Gasteiger partial charge on any atom is -0.315 e. The quantitative estimate of drug-likeness (QED) is 0.719. The second kappa shape index (κ2) is 3.20. The van der Waals surface area contributed by atoms with Crippen LogP contribution >= 0.6 is 0 Å². The third-order valence-corrected chi connectivity index (χ3v) is 2.80. The van der Waals surface area contributed by atoms with Gasteiger partial charge in [0.25, 0.3) is 0 Å². The number of nitrogens with one attached hydrogen (secondary N) is 1. The Kier molecular flexibility index (Phi) is 2.15. The van der Waals surface area contributed by atoms with Crippen LogP contribution in [0.15, 0.2) is 12.4 Å². The summed E-state index contributed by atoms with van der Waals surface area (Å²) in [5, 5.41) is 7.23. The average Bonchev–Trinajstić information content (AvgIpc) is 2.61. The molecule has 0 spiro atoms. The van der Waals surface area contributed by atoms with Crippen LogP contribution in [0.2, 0.25) is 0 Å². The van der Waals surface area contributed by atoms with E-state index in [2.05, 4.69) is 10.4 Å². The lowest BCUT2D eigenvalue weighted by Crippen LogP contribution is -2.56. The zero-order valence-corrected chi connectivity index (χ0v) is 8.58. The maximum absolute atomic E-state index is 12.0. The van der Waals surface area contributed by atoms with Gasteiger partial charge in [0, 0.05) is 25.8 Å². The molecule has 0 unspecified atom stereocenters. The number of Topliss-reactive ketones (excluding diaryl/α,β-unsaturated/α-hetero) is 1. The molecule has 0 radical (unpaired) electrons. The summed E-state index contributed by atoms with van der Waals surface area (Å²) in [6, 6.07) is 0. The maximum atomic E-state index is 12.0. The van der Waals surface area contributed by atoms with E-state index in [0.29, 0.717) is 0 Å². The zero-order valence-electron chi connectivity index (χ0n) is 8.58. The molecule has 0 atom stereocenters. The molecule has 0 aliphatic carbocycles. The number of carbonyl (C=O) groups excluding carboxylic acids is 1. The summed E-state index contributed by atoms with van der Waals surface area (Å²) in [5.74, 6) is 0.205. The Hall–Kier alpha value is -1.16. The molecule has 0 saturated carbocycles. The topological polar surface area (TPSA) is 46.9 Å². The minimum absolute atomic E-state index is 0.205. The fourth-order valence-corrected chi connectivity index (χ4v) is 1.66. The van der Waals surface area contributed by atoms with Gasteiger partial charge in [-0.2, -0.15) is 5.10 Å². The van der Waals surface area contributed by atoms with Gasteiger partial charge in [-0.3, -0.25) is 9.48 Å². The smallest absolute Gasteiger partial charge is 0.174 e. The summed E-state index contributed by atoms with van der Waals surface area (Å²) < 4.78 is 1.78. The molecule has 1 aliphatic heterocycles. The van der Waals surface area contributed by atoms with Gasteiger partial charge in [0.15, 0.2) is 5.78 Å². The molecule has 2 heterocycles. The molecule has 76 valence electrons. The normalized spacial score (nSPS) is 19.0. The Morgan fingerprint density at radius 3 is 2.86 bits per heavy atom. The number of nitrogens with zero attached hydrogens (tertiary/aromatic N) is 2. The average molecular weight is 193 g/mol. The van der Waals surface area contributed by atoms with E-state index in [1.807, 2.05) is 20.0 Å². The number of ketones is 1. The van der Waals surface area contributed by atoms with Gasteiger partial charge in [-0.1, -0.05) is 0 Å². The van der Waals surface area contributed by atoms with E-state index < -0.39 is 0 Å². The van der Waals surface area contributed by atoms with Crippen LogP contribution in [0, 0.1) is 5.41 Å². The molecule has 0 aromatic carbocycles. The Labute approximate surface area is 83.3 Å². The third kappa shape index (κ3) is 1.35. The monoisotopic (exact) mass is 193 g/mol. The first-order valence-electron chi connectivity index (χ1n) is 4.94. The Morgan fingerprint density at radius 2 is 2.43 bits per heavy atom.